The van der Waals surface area contributed by atoms with E-state index in [-0.39, 0.29) is 12.5 Å². The van der Waals surface area contributed by atoms with Crippen LogP contribution in [-0.2, 0) is 22.6 Å². The molecule has 2 rings (SSSR count). The van der Waals surface area contributed by atoms with Crippen molar-refractivity contribution >= 4 is 5.91 Å². The van der Waals surface area contributed by atoms with Crippen LogP contribution < -0.4 is 0 Å². The summed E-state index contributed by atoms with van der Waals surface area (Å²) in [5.74, 6) is 0.000191. The Balaban J connectivity index is 2.10. The van der Waals surface area contributed by atoms with Gasteiger partial charge in [0.15, 0.2) is 0 Å². The molecule has 3 heteroatoms. The van der Waals surface area contributed by atoms with Gasteiger partial charge in [-0.1, -0.05) is 60.7 Å². The average molecular weight is 269 g/mol. The Bertz CT molecular complexity index is 484. The zero-order chi connectivity index (χ0) is 14.2. The molecule has 0 N–H and O–H groups in total. The van der Waals surface area contributed by atoms with Crippen molar-refractivity contribution in [2.45, 2.75) is 13.1 Å². The molecule has 0 aliphatic carbocycles. The molecule has 20 heavy (non-hydrogen) atoms. The number of rotatable bonds is 6. The van der Waals surface area contributed by atoms with Gasteiger partial charge in [0.25, 0.3) is 0 Å². The number of carbonyl (C=O) groups excluding carboxylic acids is 1. The number of carbonyl (C=O) groups is 1. The smallest absolute Gasteiger partial charge is 0.249 e. The van der Waals surface area contributed by atoms with E-state index in [1.54, 1.807) is 7.11 Å². The van der Waals surface area contributed by atoms with Crippen molar-refractivity contribution in [3.8, 4) is 0 Å². The largest absolute Gasteiger partial charge is 0.375 e. The number of amides is 1. The van der Waals surface area contributed by atoms with Crippen molar-refractivity contribution in [3.63, 3.8) is 0 Å². The average Bonchev–Trinajstić information content (AvgIpc) is 2.49. The van der Waals surface area contributed by atoms with Crippen molar-refractivity contribution in [2.24, 2.45) is 0 Å². The summed E-state index contributed by atoms with van der Waals surface area (Å²) < 4.78 is 4.97. The van der Waals surface area contributed by atoms with Crippen molar-refractivity contribution in [1.82, 2.24) is 4.90 Å². The molecular formula is C17H19NO2. The van der Waals surface area contributed by atoms with E-state index in [1.165, 1.54) is 0 Å². The van der Waals surface area contributed by atoms with E-state index in [2.05, 4.69) is 0 Å². The summed E-state index contributed by atoms with van der Waals surface area (Å²) >= 11 is 0. The van der Waals surface area contributed by atoms with E-state index in [0.717, 1.165) is 11.1 Å². The maximum atomic E-state index is 12.2. The van der Waals surface area contributed by atoms with E-state index in [4.69, 9.17) is 4.74 Å². The van der Waals surface area contributed by atoms with Gasteiger partial charge in [-0.05, 0) is 11.1 Å². The molecular weight excluding hydrogens is 250 g/mol. The number of hydrogen-bond donors (Lipinski definition) is 0. The third-order valence-electron chi connectivity index (χ3n) is 3.05. The van der Waals surface area contributed by atoms with Crippen LogP contribution in [0.2, 0.25) is 0 Å². The quantitative estimate of drug-likeness (QED) is 0.807. The summed E-state index contributed by atoms with van der Waals surface area (Å²) in [6.45, 7) is 1.30. The number of hydrogen-bond acceptors (Lipinski definition) is 2. The Morgan fingerprint density at radius 1 is 0.900 bits per heavy atom. The molecule has 3 nitrogen and oxygen atoms in total. The van der Waals surface area contributed by atoms with Gasteiger partial charge < -0.3 is 9.64 Å². The highest BCUT2D eigenvalue weighted by Crippen LogP contribution is 2.10. The second-order valence-electron chi connectivity index (χ2n) is 4.65. The number of methoxy groups -OCH3 is 1. The molecule has 0 radical (unpaired) electrons. The predicted octanol–water partition coefficient (Wildman–Crippen LogP) is 2.86. The summed E-state index contributed by atoms with van der Waals surface area (Å²) in [5, 5.41) is 0. The Morgan fingerprint density at radius 3 is 1.75 bits per heavy atom. The van der Waals surface area contributed by atoms with Crippen LogP contribution in [-0.4, -0.2) is 24.5 Å². The minimum atomic E-state index is 0.000191. The fourth-order valence-electron chi connectivity index (χ4n) is 2.05. The fourth-order valence-corrected chi connectivity index (χ4v) is 2.05. The second-order valence-corrected chi connectivity index (χ2v) is 4.65. The van der Waals surface area contributed by atoms with Gasteiger partial charge in [-0.15, -0.1) is 0 Å². The number of nitrogens with zero attached hydrogens (tertiary/aromatic N) is 1. The Morgan fingerprint density at radius 2 is 1.35 bits per heavy atom. The third-order valence-corrected chi connectivity index (χ3v) is 3.05. The second kappa shape index (κ2) is 7.46. The van der Waals surface area contributed by atoms with Crippen LogP contribution in [0.3, 0.4) is 0 Å². The predicted molar refractivity (Wildman–Crippen MR) is 79.0 cm³/mol. The maximum absolute atomic E-state index is 12.2. The first-order valence-corrected chi connectivity index (χ1v) is 6.64. The molecule has 2 aromatic rings. The summed E-state index contributed by atoms with van der Waals surface area (Å²) in [6.07, 6.45) is 0. The first kappa shape index (κ1) is 14.3. The van der Waals surface area contributed by atoms with Crippen LogP contribution in [0, 0.1) is 0 Å². The molecule has 0 aliphatic heterocycles. The van der Waals surface area contributed by atoms with Gasteiger partial charge >= 0.3 is 0 Å². The molecule has 0 heterocycles. The molecule has 0 saturated heterocycles. The Labute approximate surface area is 119 Å². The minimum absolute atomic E-state index is 0.000191. The van der Waals surface area contributed by atoms with Gasteiger partial charge in [-0.3, -0.25) is 4.79 Å². The van der Waals surface area contributed by atoms with Gasteiger partial charge in [0.1, 0.15) is 6.61 Å². The van der Waals surface area contributed by atoms with Crippen molar-refractivity contribution < 1.29 is 9.53 Å². The summed E-state index contributed by atoms with van der Waals surface area (Å²) in [7, 11) is 1.54. The van der Waals surface area contributed by atoms with E-state index in [9.17, 15) is 4.79 Å². The molecule has 0 unspecified atom stereocenters. The van der Waals surface area contributed by atoms with Gasteiger partial charge in [-0.25, -0.2) is 0 Å². The molecule has 2 aromatic carbocycles. The number of ether oxygens (including phenoxy) is 1. The highest BCUT2D eigenvalue weighted by atomic mass is 16.5. The molecule has 0 fully saturated rings. The zero-order valence-corrected chi connectivity index (χ0v) is 11.7. The lowest BCUT2D eigenvalue weighted by molar-refractivity contribution is -0.136. The summed E-state index contributed by atoms with van der Waals surface area (Å²) in [4.78, 5) is 14.0. The van der Waals surface area contributed by atoms with E-state index < -0.39 is 0 Å². The zero-order valence-electron chi connectivity index (χ0n) is 11.7. The van der Waals surface area contributed by atoms with Crippen molar-refractivity contribution in [1.29, 1.82) is 0 Å². The normalized spacial score (nSPS) is 10.2. The number of benzene rings is 2. The van der Waals surface area contributed by atoms with Gasteiger partial charge in [0.2, 0.25) is 5.91 Å². The molecule has 0 bridgehead atoms. The lowest BCUT2D eigenvalue weighted by atomic mass is 10.1. The van der Waals surface area contributed by atoms with Gasteiger partial charge in [0.05, 0.1) is 0 Å². The summed E-state index contributed by atoms with van der Waals surface area (Å²) in [5.41, 5.74) is 2.24. The molecule has 0 aromatic heterocycles. The van der Waals surface area contributed by atoms with Gasteiger partial charge in [-0.2, -0.15) is 0 Å². The van der Waals surface area contributed by atoms with Crippen molar-refractivity contribution in [2.75, 3.05) is 13.7 Å². The maximum Gasteiger partial charge on any atom is 0.249 e. The van der Waals surface area contributed by atoms with E-state index in [0.29, 0.717) is 13.1 Å². The standard InChI is InChI=1S/C17H19NO2/c1-20-14-17(19)18(12-15-8-4-2-5-9-15)13-16-10-6-3-7-11-16/h2-11H,12-14H2,1H3. The van der Waals surface area contributed by atoms with Gasteiger partial charge in [0, 0.05) is 20.2 Å². The highest BCUT2D eigenvalue weighted by Gasteiger charge is 2.14. The SMILES string of the molecule is COCC(=O)N(Cc1ccccc1)Cc1ccccc1. The molecule has 104 valence electrons. The molecule has 0 aliphatic rings. The van der Waals surface area contributed by atoms with Crippen LogP contribution in [0.1, 0.15) is 11.1 Å². The minimum Gasteiger partial charge on any atom is -0.375 e. The lowest BCUT2D eigenvalue weighted by Gasteiger charge is -2.22. The first-order chi connectivity index (χ1) is 9.79. The topological polar surface area (TPSA) is 29.5 Å². The summed E-state index contributed by atoms with van der Waals surface area (Å²) in [6, 6.07) is 20.0. The van der Waals surface area contributed by atoms with E-state index >= 15 is 0 Å². The fraction of sp³-hybridized carbons (Fsp3) is 0.235. The van der Waals surface area contributed by atoms with E-state index in [1.807, 2.05) is 65.6 Å². The molecule has 0 saturated carbocycles. The Kier molecular flexibility index (Phi) is 5.33. The van der Waals surface area contributed by atoms with Crippen LogP contribution in [0.4, 0.5) is 0 Å². The lowest BCUT2D eigenvalue weighted by Crippen LogP contribution is -2.32. The highest BCUT2D eigenvalue weighted by molar-refractivity contribution is 5.77. The van der Waals surface area contributed by atoms with Crippen molar-refractivity contribution in [3.05, 3.63) is 71.8 Å². The molecule has 0 atom stereocenters. The van der Waals surface area contributed by atoms with Crippen LogP contribution in [0.25, 0.3) is 0 Å². The monoisotopic (exact) mass is 269 g/mol. The van der Waals surface area contributed by atoms with Crippen LogP contribution >= 0.6 is 0 Å². The first-order valence-electron chi connectivity index (χ1n) is 6.64. The molecule has 0 spiro atoms. The molecule has 1 amide bonds. The Hall–Kier alpha value is -2.13. The van der Waals surface area contributed by atoms with Crippen LogP contribution in [0.15, 0.2) is 60.7 Å². The third kappa shape index (κ3) is 4.21. The van der Waals surface area contributed by atoms with Crippen LogP contribution in [0.5, 0.6) is 0 Å².